The molecule has 0 aliphatic carbocycles. The van der Waals surface area contributed by atoms with Crippen molar-refractivity contribution in [2.75, 3.05) is 19.8 Å². The molecular weight excluding hydrogens is 456 g/mol. The van der Waals surface area contributed by atoms with E-state index in [4.69, 9.17) is 14.2 Å². The summed E-state index contributed by atoms with van der Waals surface area (Å²) >= 11 is 0. The summed E-state index contributed by atoms with van der Waals surface area (Å²) in [5, 5.41) is 0. The molecule has 0 amide bonds. The van der Waals surface area contributed by atoms with Crippen LogP contribution in [0.15, 0.2) is 48.5 Å². The Morgan fingerprint density at radius 1 is 0.730 bits per heavy atom. The highest BCUT2D eigenvalue weighted by atomic mass is 16.7. The Morgan fingerprint density at radius 3 is 2.00 bits per heavy atom. The first-order valence-electron chi connectivity index (χ1n) is 15.1. The van der Waals surface area contributed by atoms with Gasteiger partial charge in [0.15, 0.2) is 6.29 Å². The normalized spacial score (nSPS) is 18.7. The molecule has 0 N–H and O–H groups in total. The summed E-state index contributed by atoms with van der Waals surface area (Å²) in [5.41, 5.74) is 3.74. The highest BCUT2D eigenvalue weighted by Crippen LogP contribution is 2.29. The molecule has 1 aliphatic heterocycles. The number of unbranched alkanes of at least 4 members (excludes halogenated alkanes) is 5. The maximum atomic E-state index is 6.09. The lowest BCUT2D eigenvalue weighted by Gasteiger charge is -2.30. The summed E-state index contributed by atoms with van der Waals surface area (Å²) in [5.74, 6) is 2.83. The van der Waals surface area contributed by atoms with Gasteiger partial charge >= 0.3 is 0 Å². The zero-order valence-electron chi connectivity index (χ0n) is 24.1. The molecule has 3 nitrogen and oxygen atoms in total. The number of rotatable bonds is 17. The van der Waals surface area contributed by atoms with Gasteiger partial charge in [-0.25, -0.2) is 0 Å². The van der Waals surface area contributed by atoms with E-state index in [1.807, 2.05) is 0 Å². The lowest BCUT2D eigenvalue weighted by atomic mass is 9.95. The topological polar surface area (TPSA) is 27.7 Å². The molecule has 2 aromatic rings. The summed E-state index contributed by atoms with van der Waals surface area (Å²) in [4.78, 5) is 0. The minimum atomic E-state index is -0.0372. The van der Waals surface area contributed by atoms with Crippen LogP contribution in [0, 0.1) is 11.8 Å². The Bertz CT molecular complexity index is 834. The van der Waals surface area contributed by atoms with Gasteiger partial charge in [-0.3, -0.25) is 0 Å². The molecule has 1 saturated heterocycles. The molecule has 0 spiro atoms. The number of ether oxygens (including phenoxy) is 3. The van der Waals surface area contributed by atoms with Crippen molar-refractivity contribution in [3.05, 3.63) is 54.1 Å². The molecule has 0 bridgehead atoms. The van der Waals surface area contributed by atoms with Gasteiger partial charge in [-0.2, -0.15) is 0 Å². The van der Waals surface area contributed by atoms with Gasteiger partial charge in [0.05, 0.1) is 19.8 Å². The second-order valence-corrected chi connectivity index (χ2v) is 11.6. The van der Waals surface area contributed by atoms with E-state index in [0.29, 0.717) is 5.92 Å². The monoisotopic (exact) mass is 508 g/mol. The molecule has 1 heterocycles. The van der Waals surface area contributed by atoms with E-state index in [9.17, 15) is 0 Å². The molecular formula is C34H52O3. The van der Waals surface area contributed by atoms with E-state index in [0.717, 1.165) is 50.2 Å². The number of hydrogen-bond donors (Lipinski definition) is 0. The first kappa shape index (κ1) is 29.7. The van der Waals surface area contributed by atoms with Crippen molar-refractivity contribution in [2.24, 2.45) is 11.8 Å². The van der Waals surface area contributed by atoms with E-state index in [-0.39, 0.29) is 6.29 Å². The molecule has 0 radical (unpaired) electrons. The van der Waals surface area contributed by atoms with Crippen LogP contribution in [-0.4, -0.2) is 26.1 Å². The third kappa shape index (κ3) is 11.2. The largest absolute Gasteiger partial charge is 0.494 e. The fourth-order valence-corrected chi connectivity index (χ4v) is 5.11. The predicted octanol–water partition coefficient (Wildman–Crippen LogP) is 9.79. The van der Waals surface area contributed by atoms with E-state index >= 15 is 0 Å². The summed E-state index contributed by atoms with van der Waals surface area (Å²) in [6.45, 7) is 11.5. The first-order chi connectivity index (χ1) is 18.0. The van der Waals surface area contributed by atoms with Crippen LogP contribution in [0.2, 0.25) is 0 Å². The van der Waals surface area contributed by atoms with Gasteiger partial charge in [0.2, 0.25) is 0 Å². The molecule has 206 valence electrons. The van der Waals surface area contributed by atoms with Gasteiger partial charge in [0.1, 0.15) is 5.75 Å². The fourth-order valence-electron chi connectivity index (χ4n) is 5.11. The molecule has 37 heavy (non-hydrogen) atoms. The van der Waals surface area contributed by atoms with Crippen molar-refractivity contribution in [3.63, 3.8) is 0 Å². The summed E-state index contributed by atoms with van der Waals surface area (Å²) in [7, 11) is 0. The average molecular weight is 509 g/mol. The summed E-state index contributed by atoms with van der Waals surface area (Å²) in [6.07, 6.45) is 13.9. The quantitative estimate of drug-likeness (QED) is 0.199. The predicted molar refractivity (Wildman–Crippen MR) is 156 cm³/mol. The van der Waals surface area contributed by atoms with Gasteiger partial charge in [-0.15, -0.1) is 0 Å². The zero-order chi connectivity index (χ0) is 26.3. The maximum Gasteiger partial charge on any atom is 0.157 e. The molecule has 3 heteroatoms. The van der Waals surface area contributed by atoms with Crippen molar-refractivity contribution in [1.29, 1.82) is 0 Å². The highest BCUT2D eigenvalue weighted by molar-refractivity contribution is 5.64. The highest BCUT2D eigenvalue weighted by Gasteiger charge is 2.24. The van der Waals surface area contributed by atoms with E-state index in [2.05, 4.69) is 76.2 Å². The minimum Gasteiger partial charge on any atom is -0.494 e. The number of benzene rings is 2. The number of hydrogen-bond acceptors (Lipinski definition) is 3. The Hall–Kier alpha value is -1.84. The lowest BCUT2D eigenvalue weighted by Crippen LogP contribution is -2.31. The van der Waals surface area contributed by atoms with Crippen LogP contribution in [-0.2, 0) is 9.47 Å². The third-order valence-electron chi connectivity index (χ3n) is 7.68. The van der Waals surface area contributed by atoms with Crippen molar-refractivity contribution >= 4 is 0 Å². The van der Waals surface area contributed by atoms with Crippen LogP contribution in [0.5, 0.6) is 5.75 Å². The Kier molecular flexibility index (Phi) is 13.6. The van der Waals surface area contributed by atoms with E-state index < -0.39 is 0 Å². The van der Waals surface area contributed by atoms with Crippen LogP contribution in [0.1, 0.15) is 110 Å². The molecule has 1 fully saturated rings. The second kappa shape index (κ2) is 16.9. The average Bonchev–Trinajstić information content (AvgIpc) is 2.92. The standard InChI is InChI=1S/C34H52O3/c1-5-6-7-8-9-10-24-35-33-21-19-30(20-22-33)29-15-17-31(18-16-29)32-25-36-34(37-26-32)23-14-28(4)13-11-12-27(2)3/h15-22,27-28,32,34H,5-14,23-26H2,1-4H3. The van der Waals surface area contributed by atoms with Crippen molar-refractivity contribution in [2.45, 2.75) is 111 Å². The van der Waals surface area contributed by atoms with Gasteiger partial charge in [0.25, 0.3) is 0 Å². The Labute approximate surface area is 227 Å². The van der Waals surface area contributed by atoms with Crippen LogP contribution >= 0.6 is 0 Å². The summed E-state index contributed by atoms with van der Waals surface area (Å²) in [6, 6.07) is 17.4. The van der Waals surface area contributed by atoms with Crippen molar-refractivity contribution < 1.29 is 14.2 Å². The van der Waals surface area contributed by atoms with Crippen molar-refractivity contribution in [1.82, 2.24) is 0 Å². The van der Waals surface area contributed by atoms with Gasteiger partial charge in [-0.1, -0.05) is 115 Å². The smallest absolute Gasteiger partial charge is 0.157 e. The van der Waals surface area contributed by atoms with Gasteiger partial charge < -0.3 is 14.2 Å². The molecule has 0 aromatic heterocycles. The minimum absolute atomic E-state index is 0.0372. The molecule has 3 rings (SSSR count). The van der Waals surface area contributed by atoms with Crippen LogP contribution in [0.4, 0.5) is 0 Å². The van der Waals surface area contributed by atoms with E-state index in [1.54, 1.807) is 0 Å². The SMILES string of the molecule is CCCCCCCCOc1ccc(-c2ccc(C3COC(CCC(C)CCCC(C)C)OC3)cc2)cc1. The van der Waals surface area contributed by atoms with Crippen molar-refractivity contribution in [3.8, 4) is 16.9 Å². The third-order valence-corrected chi connectivity index (χ3v) is 7.68. The van der Waals surface area contributed by atoms with Gasteiger partial charge in [-0.05, 0) is 59.9 Å². The Balaban J connectivity index is 1.35. The maximum absolute atomic E-state index is 6.09. The summed E-state index contributed by atoms with van der Waals surface area (Å²) < 4.78 is 18.1. The van der Waals surface area contributed by atoms with Gasteiger partial charge in [0, 0.05) is 5.92 Å². The van der Waals surface area contributed by atoms with Crippen LogP contribution in [0.3, 0.4) is 0 Å². The first-order valence-corrected chi connectivity index (χ1v) is 15.1. The molecule has 1 unspecified atom stereocenters. The molecule has 2 aromatic carbocycles. The molecule has 1 aliphatic rings. The van der Waals surface area contributed by atoms with Crippen LogP contribution in [0.25, 0.3) is 11.1 Å². The Morgan fingerprint density at radius 2 is 1.35 bits per heavy atom. The lowest BCUT2D eigenvalue weighted by molar-refractivity contribution is -0.191. The second-order valence-electron chi connectivity index (χ2n) is 11.6. The zero-order valence-corrected chi connectivity index (χ0v) is 24.1. The van der Waals surface area contributed by atoms with Crippen LogP contribution < -0.4 is 4.74 Å². The fraction of sp³-hybridized carbons (Fsp3) is 0.647. The van der Waals surface area contributed by atoms with E-state index in [1.165, 1.54) is 74.5 Å². The molecule has 1 atom stereocenters. The molecule has 0 saturated carbocycles.